The second-order valence-electron chi connectivity index (χ2n) is 5.28. The largest absolute Gasteiger partial charge is 0.383 e. The number of aromatic nitrogens is 1. The van der Waals surface area contributed by atoms with E-state index < -0.39 is 0 Å². The quantitative estimate of drug-likeness (QED) is 0.889. The first kappa shape index (κ1) is 13.8. The van der Waals surface area contributed by atoms with Gasteiger partial charge in [-0.3, -0.25) is 4.98 Å². The zero-order valence-electron chi connectivity index (χ0n) is 12.1. The van der Waals surface area contributed by atoms with Crippen LogP contribution in [0.1, 0.15) is 19.4 Å². The Labute approximate surface area is 115 Å². The predicted octanol–water partition coefficient (Wildman–Crippen LogP) is 3.63. The van der Waals surface area contributed by atoms with Crippen LogP contribution in [0.4, 0.5) is 5.69 Å². The van der Waals surface area contributed by atoms with E-state index in [9.17, 15) is 0 Å². The van der Waals surface area contributed by atoms with Gasteiger partial charge in [-0.2, -0.15) is 0 Å². The number of hydrogen-bond donors (Lipinski definition) is 1. The van der Waals surface area contributed by atoms with Crippen molar-refractivity contribution in [1.82, 2.24) is 4.98 Å². The van der Waals surface area contributed by atoms with E-state index in [2.05, 4.69) is 49.3 Å². The lowest BCUT2D eigenvalue weighted by Gasteiger charge is -2.23. The van der Waals surface area contributed by atoms with Gasteiger partial charge in [0.25, 0.3) is 0 Å². The van der Waals surface area contributed by atoms with Crippen LogP contribution < -0.4 is 5.32 Å². The van der Waals surface area contributed by atoms with Crippen molar-refractivity contribution >= 4 is 16.6 Å². The maximum Gasteiger partial charge on any atom is 0.0751 e. The molecule has 0 saturated heterocycles. The molecule has 0 aliphatic heterocycles. The molecular formula is C16H22N2O. The lowest BCUT2D eigenvalue weighted by molar-refractivity contribution is 0.171. The van der Waals surface area contributed by atoms with Crippen molar-refractivity contribution in [2.24, 2.45) is 5.92 Å². The third-order valence-corrected chi connectivity index (χ3v) is 3.46. The van der Waals surface area contributed by atoms with Gasteiger partial charge in [-0.1, -0.05) is 19.9 Å². The molecule has 0 saturated carbocycles. The lowest BCUT2D eigenvalue weighted by Crippen LogP contribution is -2.30. The topological polar surface area (TPSA) is 34.1 Å². The summed E-state index contributed by atoms with van der Waals surface area (Å²) in [5, 5.41) is 4.76. The first-order valence-corrected chi connectivity index (χ1v) is 6.73. The molecule has 0 aliphatic carbocycles. The summed E-state index contributed by atoms with van der Waals surface area (Å²) in [7, 11) is 1.74. The summed E-state index contributed by atoms with van der Waals surface area (Å²) >= 11 is 0. The number of nitrogens with one attached hydrogen (secondary N) is 1. The molecular weight excluding hydrogens is 236 g/mol. The number of methoxy groups -OCH3 is 1. The van der Waals surface area contributed by atoms with Gasteiger partial charge in [-0.15, -0.1) is 0 Å². The molecule has 2 aromatic rings. The van der Waals surface area contributed by atoms with E-state index in [4.69, 9.17) is 4.74 Å². The van der Waals surface area contributed by atoms with Crippen molar-refractivity contribution in [3.8, 4) is 0 Å². The molecule has 0 bridgehead atoms. The van der Waals surface area contributed by atoms with Gasteiger partial charge >= 0.3 is 0 Å². The summed E-state index contributed by atoms with van der Waals surface area (Å²) in [6.45, 7) is 7.19. The number of hydrogen-bond acceptors (Lipinski definition) is 3. The number of ether oxygens (including phenoxy) is 1. The average Bonchev–Trinajstić information content (AvgIpc) is 2.41. The minimum absolute atomic E-state index is 0.302. The smallest absolute Gasteiger partial charge is 0.0751 e. The third kappa shape index (κ3) is 3.04. The molecule has 3 nitrogen and oxygen atoms in total. The van der Waals surface area contributed by atoms with Gasteiger partial charge in [-0.25, -0.2) is 0 Å². The molecule has 0 amide bonds. The highest BCUT2D eigenvalue weighted by molar-refractivity contribution is 5.93. The highest BCUT2D eigenvalue weighted by atomic mass is 16.5. The minimum Gasteiger partial charge on any atom is -0.383 e. The molecule has 0 fully saturated rings. The van der Waals surface area contributed by atoms with Crippen molar-refractivity contribution in [1.29, 1.82) is 0 Å². The van der Waals surface area contributed by atoms with Gasteiger partial charge in [-0.05, 0) is 36.6 Å². The summed E-state index contributed by atoms with van der Waals surface area (Å²) in [6.07, 6.45) is 1.84. The Bertz CT molecular complexity index is 551. The standard InChI is InChI=1S/C16H22N2O/c1-11(2)15(10-19-4)18-14-8-7-12(3)16-13(14)6-5-9-17-16/h5-9,11,15,18H,10H2,1-4H3. The molecule has 1 aromatic heterocycles. The van der Waals surface area contributed by atoms with Crippen LogP contribution in [-0.4, -0.2) is 24.7 Å². The number of anilines is 1. The van der Waals surface area contributed by atoms with Crippen molar-refractivity contribution in [3.05, 3.63) is 36.0 Å². The summed E-state index contributed by atoms with van der Waals surface area (Å²) in [5.74, 6) is 0.507. The second-order valence-corrected chi connectivity index (χ2v) is 5.28. The Balaban J connectivity index is 2.37. The molecule has 19 heavy (non-hydrogen) atoms. The molecule has 0 aliphatic rings. The Morgan fingerprint density at radius 1 is 1.26 bits per heavy atom. The Morgan fingerprint density at radius 2 is 2.05 bits per heavy atom. The third-order valence-electron chi connectivity index (χ3n) is 3.46. The van der Waals surface area contributed by atoms with Gasteiger partial charge < -0.3 is 10.1 Å². The predicted molar refractivity (Wildman–Crippen MR) is 80.6 cm³/mol. The normalized spacial score (nSPS) is 12.9. The van der Waals surface area contributed by atoms with Gasteiger partial charge in [0.1, 0.15) is 0 Å². The average molecular weight is 258 g/mol. The van der Waals surface area contributed by atoms with Gasteiger partial charge in [0.2, 0.25) is 0 Å². The number of pyridine rings is 1. The molecule has 0 radical (unpaired) electrons. The molecule has 0 spiro atoms. The molecule has 1 N–H and O–H groups in total. The SMILES string of the molecule is COCC(Nc1ccc(C)c2ncccc12)C(C)C. The Kier molecular flexibility index (Phi) is 4.38. The van der Waals surface area contributed by atoms with Crippen LogP contribution in [0, 0.1) is 12.8 Å². The number of rotatable bonds is 5. The van der Waals surface area contributed by atoms with Crippen LogP contribution in [0.15, 0.2) is 30.5 Å². The van der Waals surface area contributed by atoms with Crippen LogP contribution >= 0.6 is 0 Å². The van der Waals surface area contributed by atoms with Gasteiger partial charge in [0, 0.05) is 24.4 Å². The molecule has 1 aromatic carbocycles. The fourth-order valence-corrected chi connectivity index (χ4v) is 2.22. The lowest BCUT2D eigenvalue weighted by atomic mass is 10.0. The van der Waals surface area contributed by atoms with Crippen molar-refractivity contribution in [2.45, 2.75) is 26.8 Å². The van der Waals surface area contributed by atoms with Gasteiger partial charge in [0.05, 0.1) is 18.2 Å². The fraction of sp³-hybridized carbons (Fsp3) is 0.438. The Hall–Kier alpha value is -1.61. The van der Waals surface area contributed by atoms with E-state index in [0.29, 0.717) is 18.6 Å². The molecule has 3 heteroatoms. The maximum absolute atomic E-state index is 5.30. The summed E-state index contributed by atoms with van der Waals surface area (Å²) < 4.78 is 5.30. The number of benzene rings is 1. The van der Waals surface area contributed by atoms with Crippen LogP contribution in [-0.2, 0) is 4.74 Å². The second kappa shape index (κ2) is 6.02. The van der Waals surface area contributed by atoms with E-state index in [1.165, 1.54) is 10.9 Å². The van der Waals surface area contributed by atoms with E-state index in [-0.39, 0.29) is 0 Å². The number of fused-ring (bicyclic) bond motifs is 1. The molecule has 102 valence electrons. The molecule has 2 rings (SSSR count). The van der Waals surface area contributed by atoms with E-state index in [0.717, 1.165) is 11.2 Å². The summed E-state index contributed by atoms with van der Waals surface area (Å²) in [4.78, 5) is 4.47. The minimum atomic E-state index is 0.302. The maximum atomic E-state index is 5.30. The zero-order chi connectivity index (χ0) is 13.8. The summed E-state index contributed by atoms with van der Waals surface area (Å²) in [6, 6.07) is 8.64. The van der Waals surface area contributed by atoms with E-state index in [1.54, 1.807) is 7.11 Å². The monoisotopic (exact) mass is 258 g/mol. The van der Waals surface area contributed by atoms with Crippen LogP contribution in [0.3, 0.4) is 0 Å². The van der Waals surface area contributed by atoms with Crippen molar-refractivity contribution in [3.63, 3.8) is 0 Å². The Morgan fingerprint density at radius 3 is 2.74 bits per heavy atom. The van der Waals surface area contributed by atoms with Crippen molar-refractivity contribution < 1.29 is 4.74 Å². The van der Waals surface area contributed by atoms with Crippen LogP contribution in [0.5, 0.6) is 0 Å². The van der Waals surface area contributed by atoms with Crippen LogP contribution in [0.25, 0.3) is 10.9 Å². The molecule has 1 atom stereocenters. The summed E-state index contributed by atoms with van der Waals surface area (Å²) in [5.41, 5.74) is 3.39. The first-order chi connectivity index (χ1) is 9.13. The first-order valence-electron chi connectivity index (χ1n) is 6.73. The van der Waals surface area contributed by atoms with Gasteiger partial charge in [0.15, 0.2) is 0 Å². The molecule has 1 heterocycles. The van der Waals surface area contributed by atoms with E-state index in [1.807, 2.05) is 12.3 Å². The highest BCUT2D eigenvalue weighted by Crippen LogP contribution is 2.26. The van der Waals surface area contributed by atoms with E-state index >= 15 is 0 Å². The van der Waals surface area contributed by atoms with Crippen LogP contribution in [0.2, 0.25) is 0 Å². The number of aryl methyl sites for hydroxylation is 1. The highest BCUT2D eigenvalue weighted by Gasteiger charge is 2.14. The number of nitrogens with zero attached hydrogens (tertiary/aromatic N) is 1. The van der Waals surface area contributed by atoms with Crippen molar-refractivity contribution in [2.75, 3.05) is 19.0 Å². The zero-order valence-corrected chi connectivity index (χ0v) is 12.1. The molecule has 1 unspecified atom stereocenters. The fourth-order valence-electron chi connectivity index (χ4n) is 2.22.